The van der Waals surface area contributed by atoms with Crippen molar-refractivity contribution >= 4 is 33.3 Å². The number of halogens is 1. The quantitative estimate of drug-likeness (QED) is 0.484. The number of fused-ring (bicyclic) bond motifs is 2. The lowest BCUT2D eigenvalue weighted by atomic mass is 10.1. The monoisotopic (exact) mass is 320 g/mol. The first-order valence-corrected chi connectivity index (χ1v) is 7.70. The summed E-state index contributed by atoms with van der Waals surface area (Å²) in [4.78, 5) is 17.4. The first-order chi connectivity index (χ1) is 11.1. The Bertz CT molecular complexity index is 1110. The smallest absolute Gasteiger partial charge is 0.266 e. The number of benzene rings is 3. The van der Waals surface area contributed by atoms with E-state index < -0.39 is 0 Å². The molecule has 0 fully saturated rings. The van der Waals surface area contributed by atoms with Gasteiger partial charge in [-0.25, -0.2) is 4.98 Å². The Morgan fingerprint density at radius 2 is 1.74 bits per heavy atom. The minimum absolute atomic E-state index is 0.153. The average molecular weight is 321 g/mol. The van der Waals surface area contributed by atoms with Gasteiger partial charge in [0.05, 0.1) is 16.6 Å². The van der Waals surface area contributed by atoms with Crippen LogP contribution in [-0.4, -0.2) is 9.55 Å². The van der Waals surface area contributed by atoms with E-state index in [9.17, 15) is 4.79 Å². The number of hydrogen-bond donors (Lipinski definition) is 0. The number of rotatable bonds is 1. The molecule has 23 heavy (non-hydrogen) atoms. The highest BCUT2D eigenvalue weighted by atomic mass is 35.5. The van der Waals surface area contributed by atoms with Crippen molar-refractivity contribution in [1.82, 2.24) is 9.55 Å². The van der Waals surface area contributed by atoms with Gasteiger partial charge in [0.15, 0.2) is 0 Å². The van der Waals surface area contributed by atoms with Crippen LogP contribution in [-0.2, 0) is 0 Å². The molecule has 0 aliphatic rings. The van der Waals surface area contributed by atoms with E-state index in [2.05, 4.69) is 4.98 Å². The minimum Gasteiger partial charge on any atom is -0.268 e. The number of aryl methyl sites for hydroxylation is 1. The Balaban J connectivity index is 2.15. The maximum absolute atomic E-state index is 13.0. The molecule has 0 bridgehead atoms. The molecular formula is C19H13ClN2O. The molecule has 0 radical (unpaired) electrons. The maximum atomic E-state index is 13.0. The Morgan fingerprint density at radius 3 is 2.61 bits per heavy atom. The summed E-state index contributed by atoms with van der Waals surface area (Å²) in [5, 5.41) is 2.76. The third-order valence-electron chi connectivity index (χ3n) is 3.99. The van der Waals surface area contributed by atoms with Crippen molar-refractivity contribution in [3.05, 3.63) is 81.9 Å². The van der Waals surface area contributed by atoms with Crippen LogP contribution in [0.25, 0.3) is 27.4 Å². The van der Waals surface area contributed by atoms with Gasteiger partial charge in [-0.1, -0.05) is 48.0 Å². The van der Waals surface area contributed by atoms with Gasteiger partial charge < -0.3 is 0 Å². The van der Waals surface area contributed by atoms with Crippen molar-refractivity contribution in [3.63, 3.8) is 0 Å². The first-order valence-electron chi connectivity index (χ1n) is 7.32. The molecule has 4 heteroatoms. The maximum Gasteiger partial charge on any atom is 0.266 e. The first kappa shape index (κ1) is 14.0. The zero-order valence-electron chi connectivity index (χ0n) is 12.5. The van der Waals surface area contributed by atoms with E-state index in [1.54, 1.807) is 0 Å². The molecule has 0 saturated carbocycles. The second-order valence-corrected chi connectivity index (χ2v) is 5.88. The lowest BCUT2D eigenvalue weighted by Gasteiger charge is -2.12. The lowest BCUT2D eigenvalue weighted by molar-refractivity contribution is 0.972. The third-order valence-corrected chi connectivity index (χ3v) is 4.24. The summed E-state index contributed by atoms with van der Waals surface area (Å²) < 4.78 is 1.48. The molecule has 0 aliphatic heterocycles. The van der Waals surface area contributed by atoms with Crippen LogP contribution >= 0.6 is 11.6 Å². The summed E-state index contributed by atoms with van der Waals surface area (Å²) >= 11 is 6.34. The van der Waals surface area contributed by atoms with Gasteiger partial charge in [-0.3, -0.25) is 9.36 Å². The summed E-state index contributed by atoms with van der Waals surface area (Å²) in [6.07, 6.45) is 0. The number of hydrogen-bond acceptors (Lipinski definition) is 2. The van der Waals surface area contributed by atoms with Gasteiger partial charge >= 0.3 is 0 Å². The van der Waals surface area contributed by atoms with Gasteiger partial charge in [0.2, 0.25) is 5.28 Å². The predicted octanol–water partition coefficient (Wildman–Crippen LogP) is 4.50. The van der Waals surface area contributed by atoms with Crippen LogP contribution in [0.5, 0.6) is 0 Å². The molecule has 0 saturated heterocycles. The molecule has 112 valence electrons. The fourth-order valence-electron chi connectivity index (χ4n) is 2.88. The zero-order valence-corrected chi connectivity index (χ0v) is 13.2. The molecule has 0 unspecified atom stereocenters. The number of aromatic nitrogens is 2. The van der Waals surface area contributed by atoms with E-state index in [4.69, 9.17) is 11.6 Å². The summed E-state index contributed by atoms with van der Waals surface area (Å²) in [7, 11) is 0. The van der Waals surface area contributed by atoms with E-state index in [-0.39, 0.29) is 10.8 Å². The lowest BCUT2D eigenvalue weighted by Crippen LogP contribution is -2.20. The molecule has 3 nitrogen and oxygen atoms in total. The van der Waals surface area contributed by atoms with Crippen molar-refractivity contribution in [1.29, 1.82) is 0 Å². The van der Waals surface area contributed by atoms with E-state index in [1.165, 1.54) is 4.57 Å². The fraction of sp³-hybridized carbons (Fsp3) is 0.0526. The van der Waals surface area contributed by atoms with Crippen LogP contribution in [0.2, 0.25) is 5.28 Å². The van der Waals surface area contributed by atoms with E-state index in [0.717, 1.165) is 22.0 Å². The normalized spacial score (nSPS) is 11.2. The van der Waals surface area contributed by atoms with Crippen molar-refractivity contribution in [2.45, 2.75) is 6.92 Å². The summed E-state index contributed by atoms with van der Waals surface area (Å²) in [5.74, 6) is 0. The minimum atomic E-state index is -0.153. The van der Waals surface area contributed by atoms with Crippen LogP contribution < -0.4 is 5.56 Å². The zero-order chi connectivity index (χ0) is 16.0. The van der Waals surface area contributed by atoms with Crippen LogP contribution in [0, 0.1) is 6.92 Å². The molecular weight excluding hydrogens is 308 g/mol. The predicted molar refractivity (Wildman–Crippen MR) is 94.6 cm³/mol. The molecule has 1 heterocycles. The highest BCUT2D eigenvalue weighted by Crippen LogP contribution is 2.24. The van der Waals surface area contributed by atoms with E-state index in [0.29, 0.717) is 10.9 Å². The Labute approximate surface area is 137 Å². The van der Waals surface area contributed by atoms with E-state index in [1.807, 2.05) is 67.6 Å². The van der Waals surface area contributed by atoms with Crippen LogP contribution in [0.1, 0.15) is 5.56 Å². The van der Waals surface area contributed by atoms with Crippen LogP contribution in [0.4, 0.5) is 0 Å². The van der Waals surface area contributed by atoms with Crippen molar-refractivity contribution < 1.29 is 0 Å². The molecule has 4 rings (SSSR count). The highest BCUT2D eigenvalue weighted by molar-refractivity contribution is 6.29. The summed E-state index contributed by atoms with van der Waals surface area (Å²) in [5.41, 5.74) is 2.22. The van der Waals surface area contributed by atoms with Crippen molar-refractivity contribution in [2.24, 2.45) is 0 Å². The largest absolute Gasteiger partial charge is 0.268 e. The van der Waals surface area contributed by atoms with Gasteiger partial charge in [-0.15, -0.1) is 0 Å². The Morgan fingerprint density at radius 1 is 0.957 bits per heavy atom. The molecule has 1 aromatic heterocycles. The fourth-order valence-corrected chi connectivity index (χ4v) is 3.14. The second-order valence-electron chi connectivity index (χ2n) is 5.54. The average Bonchev–Trinajstić information content (AvgIpc) is 2.56. The Hall–Kier alpha value is -2.65. The topological polar surface area (TPSA) is 34.9 Å². The van der Waals surface area contributed by atoms with Crippen LogP contribution in [0.15, 0.2) is 65.5 Å². The number of nitrogens with zero attached hydrogens (tertiary/aromatic N) is 2. The molecule has 0 atom stereocenters. The third kappa shape index (κ3) is 2.21. The molecule has 0 amide bonds. The molecule has 0 aliphatic carbocycles. The molecule has 3 aromatic carbocycles. The van der Waals surface area contributed by atoms with E-state index >= 15 is 0 Å². The van der Waals surface area contributed by atoms with Gasteiger partial charge in [0.1, 0.15) is 0 Å². The molecule has 0 spiro atoms. The summed E-state index contributed by atoms with van der Waals surface area (Å²) in [6, 6.07) is 19.3. The van der Waals surface area contributed by atoms with Gasteiger partial charge in [-0.05, 0) is 42.1 Å². The standard InChI is InChI=1S/C19H13ClN2O/c1-12-9-10-16-15(11-12)18(23)22(19(20)21-16)17-8-4-6-13-5-2-3-7-14(13)17/h2-11H,1H3. The van der Waals surface area contributed by atoms with Gasteiger partial charge in [0.25, 0.3) is 5.56 Å². The Kier molecular flexibility index (Phi) is 3.17. The molecule has 0 N–H and O–H groups in total. The van der Waals surface area contributed by atoms with Gasteiger partial charge in [-0.2, -0.15) is 0 Å². The van der Waals surface area contributed by atoms with Gasteiger partial charge in [0, 0.05) is 5.39 Å². The van der Waals surface area contributed by atoms with Crippen LogP contribution in [0.3, 0.4) is 0 Å². The van der Waals surface area contributed by atoms with Crippen molar-refractivity contribution in [2.75, 3.05) is 0 Å². The second kappa shape index (κ2) is 5.21. The van der Waals surface area contributed by atoms with Crippen molar-refractivity contribution in [3.8, 4) is 5.69 Å². The molecule has 4 aromatic rings. The SMILES string of the molecule is Cc1ccc2nc(Cl)n(-c3cccc4ccccc34)c(=O)c2c1. The highest BCUT2D eigenvalue weighted by Gasteiger charge is 2.13. The summed E-state index contributed by atoms with van der Waals surface area (Å²) in [6.45, 7) is 1.95.